The zero-order valence-corrected chi connectivity index (χ0v) is 18.3. The van der Waals surface area contributed by atoms with Gasteiger partial charge >= 0.3 is 0 Å². The van der Waals surface area contributed by atoms with E-state index in [0.717, 1.165) is 30.1 Å². The molecule has 0 spiro atoms. The second-order valence-electron chi connectivity index (χ2n) is 7.42. The van der Waals surface area contributed by atoms with Gasteiger partial charge < -0.3 is 20.3 Å². The van der Waals surface area contributed by atoms with Crippen LogP contribution in [-0.2, 0) is 9.84 Å². The minimum atomic E-state index is -3.78. The van der Waals surface area contributed by atoms with Crippen molar-refractivity contribution in [2.75, 3.05) is 48.8 Å². The molecule has 1 saturated heterocycles. The van der Waals surface area contributed by atoms with Crippen LogP contribution in [0.5, 0.6) is 5.75 Å². The number of nitrogens with two attached hydrogens (primary N) is 1. The number of anilines is 3. The number of aromatic nitrogens is 2. The van der Waals surface area contributed by atoms with Crippen molar-refractivity contribution in [3.8, 4) is 5.75 Å². The molecule has 2 N–H and O–H groups in total. The van der Waals surface area contributed by atoms with E-state index in [2.05, 4.69) is 20.9 Å². The van der Waals surface area contributed by atoms with Crippen molar-refractivity contribution in [2.24, 2.45) is 0 Å². The van der Waals surface area contributed by atoms with E-state index >= 15 is 0 Å². The van der Waals surface area contributed by atoms with Gasteiger partial charge in [0.25, 0.3) is 0 Å². The zero-order chi connectivity index (χ0) is 22.0. The number of rotatable bonds is 5. The molecule has 2 heterocycles. The number of hydrogen-bond donors (Lipinski definition) is 1. The van der Waals surface area contributed by atoms with Crippen LogP contribution in [0.1, 0.15) is 5.56 Å². The third-order valence-corrected chi connectivity index (χ3v) is 7.11. The summed E-state index contributed by atoms with van der Waals surface area (Å²) in [5.74, 6) is 1.22. The number of aryl methyl sites for hydroxylation is 1. The summed E-state index contributed by atoms with van der Waals surface area (Å²) >= 11 is 0. The van der Waals surface area contributed by atoms with Crippen LogP contribution < -0.4 is 20.3 Å². The molecule has 4 rings (SSSR count). The Hall–Kier alpha value is -3.33. The van der Waals surface area contributed by atoms with E-state index in [1.54, 1.807) is 25.3 Å². The summed E-state index contributed by atoms with van der Waals surface area (Å²) in [6, 6.07) is 14.7. The van der Waals surface area contributed by atoms with E-state index in [4.69, 9.17) is 10.5 Å². The van der Waals surface area contributed by atoms with Crippen molar-refractivity contribution in [3.05, 3.63) is 60.3 Å². The van der Waals surface area contributed by atoms with Crippen molar-refractivity contribution >= 4 is 27.3 Å². The van der Waals surface area contributed by atoms with Gasteiger partial charge in [-0.05, 0) is 36.8 Å². The van der Waals surface area contributed by atoms with Gasteiger partial charge in [0.1, 0.15) is 16.5 Å². The minimum absolute atomic E-state index is 0.0401. The van der Waals surface area contributed by atoms with Crippen LogP contribution in [0, 0.1) is 6.92 Å². The summed E-state index contributed by atoms with van der Waals surface area (Å²) in [5.41, 5.74) is 8.01. The molecule has 1 aromatic heterocycles. The summed E-state index contributed by atoms with van der Waals surface area (Å²) in [6.45, 7) is 4.79. The normalized spacial score (nSPS) is 14.5. The Labute approximate surface area is 182 Å². The number of piperazine rings is 1. The van der Waals surface area contributed by atoms with E-state index in [-0.39, 0.29) is 15.6 Å². The summed E-state index contributed by atoms with van der Waals surface area (Å²) in [6.07, 6.45) is 1.31. The first-order valence-corrected chi connectivity index (χ1v) is 11.4. The SMILES string of the molecule is COc1cccc(N2CCN(c3ncc(S(=O)(=O)c4cccc(C)c4)c(N)n3)CC2)c1. The molecule has 1 fully saturated rings. The summed E-state index contributed by atoms with van der Waals surface area (Å²) in [7, 11) is -2.13. The Morgan fingerprint density at radius 3 is 2.39 bits per heavy atom. The van der Waals surface area contributed by atoms with Gasteiger partial charge in [0.2, 0.25) is 15.8 Å². The van der Waals surface area contributed by atoms with E-state index in [9.17, 15) is 8.42 Å². The van der Waals surface area contributed by atoms with Crippen molar-refractivity contribution in [3.63, 3.8) is 0 Å². The fourth-order valence-corrected chi connectivity index (χ4v) is 4.98. The van der Waals surface area contributed by atoms with Gasteiger partial charge in [-0.1, -0.05) is 18.2 Å². The summed E-state index contributed by atoms with van der Waals surface area (Å²) in [5, 5.41) is 0. The van der Waals surface area contributed by atoms with Crippen molar-refractivity contribution < 1.29 is 13.2 Å². The molecule has 9 heteroatoms. The molecule has 8 nitrogen and oxygen atoms in total. The van der Waals surface area contributed by atoms with Gasteiger partial charge in [0.15, 0.2) is 0 Å². The van der Waals surface area contributed by atoms with Crippen LogP contribution in [0.3, 0.4) is 0 Å². The molecule has 0 unspecified atom stereocenters. The van der Waals surface area contributed by atoms with Gasteiger partial charge in [0, 0.05) is 37.9 Å². The molecule has 0 amide bonds. The van der Waals surface area contributed by atoms with E-state index in [1.807, 2.05) is 36.1 Å². The maximum Gasteiger partial charge on any atom is 0.227 e. The first kappa shape index (κ1) is 20.9. The predicted molar refractivity (Wildman–Crippen MR) is 120 cm³/mol. The number of nitrogen functional groups attached to an aromatic ring is 1. The molecule has 31 heavy (non-hydrogen) atoms. The van der Waals surface area contributed by atoms with Crippen LogP contribution >= 0.6 is 0 Å². The van der Waals surface area contributed by atoms with Crippen LogP contribution in [0.4, 0.5) is 17.5 Å². The fraction of sp³-hybridized carbons (Fsp3) is 0.273. The van der Waals surface area contributed by atoms with E-state index < -0.39 is 9.84 Å². The maximum atomic E-state index is 13.0. The summed E-state index contributed by atoms with van der Waals surface area (Å²) < 4.78 is 31.2. The molecule has 1 aliphatic heterocycles. The lowest BCUT2D eigenvalue weighted by molar-refractivity contribution is 0.414. The number of sulfone groups is 1. The molecule has 2 aromatic carbocycles. The largest absolute Gasteiger partial charge is 0.497 e. The molecule has 0 atom stereocenters. The lowest BCUT2D eigenvalue weighted by Gasteiger charge is -2.36. The number of methoxy groups -OCH3 is 1. The quantitative estimate of drug-likeness (QED) is 0.647. The van der Waals surface area contributed by atoms with E-state index in [1.165, 1.54) is 6.20 Å². The van der Waals surface area contributed by atoms with Gasteiger partial charge in [-0.3, -0.25) is 0 Å². The highest BCUT2D eigenvalue weighted by atomic mass is 32.2. The van der Waals surface area contributed by atoms with Crippen molar-refractivity contribution in [1.82, 2.24) is 9.97 Å². The Balaban J connectivity index is 1.50. The van der Waals surface area contributed by atoms with Crippen LogP contribution in [0.25, 0.3) is 0 Å². The molecular formula is C22H25N5O3S. The molecular weight excluding hydrogens is 414 g/mol. The molecule has 162 valence electrons. The van der Waals surface area contributed by atoms with Gasteiger partial charge in [-0.2, -0.15) is 4.98 Å². The molecule has 1 aliphatic rings. The second-order valence-corrected chi connectivity index (χ2v) is 9.33. The molecule has 0 saturated carbocycles. The molecule has 0 aliphatic carbocycles. The lowest BCUT2D eigenvalue weighted by atomic mass is 10.2. The smallest absolute Gasteiger partial charge is 0.227 e. The molecule has 0 bridgehead atoms. The Morgan fingerprint density at radius 2 is 1.71 bits per heavy atom. The van der Waals surface area contributed by atoms with Crippen molar-refractivity contribution in [2.45, 2.75) is 16.7 Å². The highest BCUT2D eigenvalue weighted by Crippen LogP contribution is 2.27. The van der Waals surface area contributed by atoms with Gasteiger partial charge in [-0.15, -0.1) is 0 Å². The number of ether oxygens (including phenoxy) is 1. The van der Waals surface area contributed by atoms with Gasteiger partial charge in [0.05, 0.1) is 18.2 Å². The molecule has 0 radical (unpaired) electrons. The standard InChI is InChI=1S/C22H25N5O3S/c1-16-5-3-8-19(13-16)31(28,29)20-15-24-22(25-21(20)23)27-11-9-26(10-12-27)17-6-4-7-18(14-17)30-2/h3-8,13-15H,9-12H2,1-2H3,(H2,23,24,25). The number of benzene rings is 2. The second kappa shape index (κ2) is 8.43. The third-order valence-electron chi connectivity index (χ3n) is 5.34. The molecule has 3 aromatic rings. The minimum Gasteiger partial charge on any atom is -0.497 e. The zero-order valence-electron chi connectivity index (χ0n) is 17.5. The Kier molecular flexibility index (Phi) is 5.69. The Morgan fingerprint density at radius 1 is 1.00 bits per heavy atom. The fourth-order valence-electron chi connectivity index (χ4n) is 3.61. The summed E-state index contributed by atoms with van der Waals surface area (Å²) in [4.78, 5) is 13.0. The average molecular weight is 440 g/mol. The lowest BCUT2D eigenvalue weighted by Crippen LogP contribution is -2.47. The number of nitrogens with zero attached hydrogens (tertiary/aromatic N) is 4. The van der Waals surface area contributed by atoms with Crippen LogP contribution in [0.2, 0.25) is 0 Å². The topological polar surface area (TPSA) is 102 Å². The van der Waals surface area contributed by atoms with Crippen LogP contribution in [-0.4, -0.2) is 51.7 Å². The highest BCUT2D eigenvalue weighted by molar-refractivity contribution is 7.91. The third kappa shape index (κ3) is 4.27. The first-order chi connectivity index (χ1) is 14.9. The predicted octanol–water partition coefficient (Wildman–Crippen LogP) is 2.54. The van der Waals surface area contributed by atoms with E-state index in [0.29, 0.717) is 19.0 Å². The monoisotopic (exact) mass is 439 g/mol. The highest BCUT2D eigenvalue weighted by Gasteiger charge is 2.25. The van der Waals surface area contributed by atoms with Crippen molar-refractivity contribution in [1.29, 1.82) is 0 Å². The first-order valence-electron chi connectivity index (χ1n) is 9.97. The Bertz CT molecular complexity index is 1190. The number of hydrogen-bond acceptors (Lipinski definition) is 8. The van der Waals surface area contributed by atoms with Gasteiger partial charge in [-0.25, -0.2) is 13.4 Å². The van der Waals surface area contributed by atoms with Crippen LogP contribution in [0.15, 0.2) is 64.5 Å². The maximum absolute atomic E-state index is 13.0. The average Bonchev–Trinajstić information content (AvgIpc) is 2.79.